The van der Waals surface area contributed by atoms with Gasteiger partial charge in [-0.15, -0.1) is 11.3 Å². The topological polar surface area (TPSA) is 71.1 Å². The van der Waals surface area contributed by atoms with Crippen molar-refractivity contribution in [2.75, 3.05) is 10.6 Å². The van der Waals surface area contributed by atoms with Crippen molar-refractivity contribution in [1.82, 2.24) is 4.98 Å². The fraction of sp³-hybridized carbons (Fsp3) is 0.0952. The van der Waals surface area contributed by atoms with Crippen LogP contribution in [0.3, 0.4) is 0 Å². The van der Waals surface area contributed by atoms with E-state index in [9.17, 15) is 14.0 Å². The van der Waals surface area contributed by atoms with E-state index in [-0.39, 0.29) is 11.4 Å². The second-order valence-electron chi connectivity index (χ2n) is 6.20. The molecule has 2 amide bonds. The SMILES string of the molecule is C=CC(=O)Nc1cc(NC(=O)c2csc(-c3ccc(C)cc3C)n2)ccc1F. The first-order chi connectivity index (χ1) is 13.4. The van der Waals surface area contributed by atoms with Crippen molar-refractivity contribution in [3.63, 3.8) is 0 Å². The van der Waals surface area contributed by atoms with Crippen LogP contribution < -0.4 is 10.6 Å². The standard InChI is InChI=1S/C21H18FN3O2S/c1-4-19(26)24-17-10-14(6-8-16(17)22)23-20(27)18-11-28-21(25-18)15-7-5-12(2)9-13(15)3/h4-11H,1H2,2-3H3,(H,23,27)(H,24,26). The third kappa shape index (κ3) is 4.32. The first kappa shape index (κ1) is 19.4. The molecule has 0 saturated heterocycles. The van der Waals surface area contributed by atoms with E-state index < -0.39 is 17.6 Å². The van der Waals surface area contributed by atoms with Gasteiger partial charge in [0.1, 0.15) is 16.5 Å². The average Bonchev–Trinajstić information content (AvgIpc) is 3.14. The van der Waals surface area contributed by atoms with Gasteiger partial charge in [-0.25, -0.2) is 9.37 Å². The smallest absolute Gasteiger partial charge is 0.275 e. The summed E-state index contributed by atoms with van der Waals surface area (Å²) >= 11 is 1.38. The molecule has 0 fully saturated rings. The van der Waals surface area contributed by atoms with Crippen LogP contribution in [0.5, 0.6) is 0 Å². The number of carbonyl (C=O) groups is 2. The Kier molecular flexibility index (Phi) is 5.65. The average molecular weight is 395 g/mol. The summed E-state index contributed by atoms with van der Waals surface area (Å²) in [6.07, 6.45) is 1.04. The molecule has 0 aliphatic rings. The van der Waals surface area contributed by atoms with Gasteiger partial charge < -0.3 is 10.6 Å². The van der Waals surface area contributed by atoms with Gasteiger partial charge in [0.2, 0.25) is 5.91 Å². The maximum Gasteiger partial charge on any atom is 0.275 e. The second-order valence-corrected chi connectivity index (χ2v) is 7.06. The Labute approximate surface area is 165 Å². The van der Waals surface area contributed by atoms with Gasteiger partial charge in [-0.1, -0.05) is 30.3 Å². The van der Waals surface area contributed by atoms with Gasteiger partial charge in [-0.05, 0) is 43.7 Å². The number of nitrogens with one attached hydrogen (secondary N) is 2. The van der Waals surface area contributed by atoms with E-state index in [0.717, 1.165) is 33.8 Å². The Morgan fingerprint density at radius 2 is 1.93 bits per heavy atom. The lowest BCUT2D eigenvalue weighted by molar-refractivity contribution is -0.111. The van der Waals surface area contributed by atoms with Crippen LogP contribution in [0, 0.1) is 19.7 Å². The van der Waals surface area contributed by atoms with Crippen LogP contribution in [-0.4, -0.2) is 16.8 Å². The van der Waals surface area contributed by atoms with Crippen molar-refractivity contribution < 1.29 is 14.0 Å². The molecule has 2 N–H and O–H groups in total. The highest BCUT2D eigenvalue weighted by Crippen LogP contribution is 2.28. The van der Waals surface area contributed by atoms with Crippen LogP contribution in [0.2, 0.25) is 0 Å². The number of thiazole rings is 1. The Morgan fingerprint density at radius 3 is 2.64 bits per heavy atom. The van der Waals surface area contributed by atoms with Crippen LogP contribution in [0.15, 0.2) is 54.4 Å². The molecule has 0 radical (unpaired) electrons. The molecule has 0 bridgehead atoms. The van der Waals surface area contributed by atoms with E-state index >= 15 is 0 Å². The molecule has 5 nitrogen and oxygen atoms in total. The van der Waals surface area contributed by atoms with Gasteiger partial charge in [0.05, 0.1) is 5.69 Å². The summed E-state index contributed by atoms with van der Waals surface area (Å²) in [6.45, 7) is 7.34. The molecule has 0 unspecified atom stereocenters. The molecule has 1 aromatic heterocycles. The third-order valence-corrected chi connectivity index (χ3v) is 4.89. The Morgan fingerprint density at radius 1 is 1.14 bits per heavy atom. The first-order valence-electron chi connectivity index (χ1n) is 8.45. The minimum Gasteiger partial charge on any atom is -0.321 e. The largest absolute Gasteiger partial charge is 0.321 e. The molecule has 1 heterocycles. The highest BCUT2D eigenvalue weighted by Gasteiger charge is 2.14. The van der Waals surface area contributed by atoms with Crippen LogP contribution in [0.1, 0.15) is 21.6 Å². The van der Waals surface area contributed by atoms with Crippen LogP contribution >= 0.6 is 11.3 Å². The minimum absolute atomic E-state index is 0.0445. The second kappa shape index (κ2) is 8.14. The number of anilines is 2. The fourth-order valence-corrected chi connectivity index (χ4v) is 3.52. The number of hydrogen-bond acceptors (Lipinski definition) is 4. The molecule has 3 rings (SSSR count). The van der Waals surface area contributed by atoms with E-state index in [4.69, 9.17) is 0 Å². The number of halogens is 1. The summed E-state index contributed by atoms with van der Waals surface area (Å²) in [5.41, 5.74) is 3.78. The molecule has 2 aromatic carbocycles. The molecule has 0 atom stereocenters. The zero-order valence-corrected chi connectivity index (χ0v) is 16.2. The molecule has 0 saturated carbocycles. The number of aryl methyl sites for hydroxylation is 2. The first-order valence-corrected chi connectivity index (χ1v) is 9.33. The molecule has 7 heteroatoms. The number of nitrogens with zero attached hydrogens (tertiary/aromatic N) is 1. The van der Waals surface area contributed by atoms with Crippen molar-refractivity contribution in [2.24, 2.45) is 0 Å². The van der Waals surface area contributed by atoms with Crippen LogP contribution in [0.25, 0.3) is 10.6 Å². The zero-order valence-electron chi connectivity index (χ0n) is 15.4. The zero-order chi connectivity index (χ0) is 20.3. The number of rotatable bonds is 5. The maximum atomic E-state index is 13.8. The van der Waals surface area contributed by atoms with Gasteiger partial charge in [-0.3, -0.25) is 9.59 Å². The van der Waals surface area contributed by atoms with Crippen LogP contribution in [0.4, 0.5) is 15.8 Å². The van der Waals surface area contributed by atoms with Crippen molar-refractivity contribution in [2.45, 2.75) is 13.8 Å². The molecule has 0 spiro atoms. The molecule has 28 heavy (non-hydrogen) atoms. The molecular weight excluding hydrogens is 377 g/mol. The lowest BCUT2D eigenvalue weighted by Crippen LogP contribution is -2.14. The summed E-state index contributed by atoms with van der Waals surface area (Å²) in [7, 11) is 0. The van der Waals surface area contributed by atoms with Crippen molar-refractivity contribution in [1.29, 1.82) is 0 Å². The van der Waals surface area contributed by atoms with Crippen molar-refractivity contribution in [3.05, 3.63) is 77.1 Å². The van der Waals surface area contributed by atoms with E-state index in [1.54, 1.807) is 5.38 Å². The Balaban J connectivity index is 1.79. The monoisotopic (exact) mass is 395 g/mol. The number of amides is 2. The van der Waals surface area contributed by atoms with Gasteiger partial charge in [0.15, 0.2) is 0 Å². The normalized spacial score (nSPS) is 10.4. The predicted molar refractivity (Wildman–Crippen MR) is 110 cm³/mol. The van der Waals surface area contributed by atoms with Gasteiger partial charge >= 0.3 is 0 Å². The maximum absolute atomic E-state index is 13.8. The number of aromatic nitrogens is 1. The predicted octanol–water partition coefficient (Wildman–Crippen LogP) is 4.94. The Bertz CT molecular complexity index is 1080. The van der Waals surface area contributed by atoms with Gasteiger partial charge in [0, 0.05) is 16.6 Å². The van der Waals surface area contributed by atoms with Crippen LogP contribution in [-0.2, 0) is 4.79 Å². The van der Waals surface area contributed by atoms with E-state index in [2.05, 4.69) is 28.3 Å². The summed E-state index contributed by atoms with van der Waals surface area (Å²) in [4.78, 5) is 28.3. The van der Waals surface area contributed by atoms with Gasteiger partial charge in [-0.2, -0.15) is 0 Å². The lowest BCUT2D eigenvalue weighted by Gasteiger charge is -2.08. The summed E-state index contributed by atoms with van der Waals surface area (Å²) < 4.78 is 13.8. The van der Waals surface area contributed by atoms with E-state index in [0.29, 0.717) is 5.69 Å². The highest BCUT2D eigenvalue weighted by atomic mass is 32.1. The summed E-state index contributed by atoms with van der Waals surface area (Å²) in [5, 5.41) is 7.44. The quantitative estimate of drug-likeness (QED) is 0.601. The highest BCUT2D eigenvalue weighted by molar-refractivity contribution is 7.13. The Hall–Kier alpha value is -3.32. The molecule has 0 aliphatic carbocycles. The summed E-state index contributed by atoms with van der Waals surface area (Å²) in [6, 6.07) is 9.96. The number of hydrogen-bond donors (Lipinski definition) is 2. The van der Waals surface area contributed by atoms with Crippen molar-refractivity contribution in [3.8, 4) is 10.6 Å². The third-order valence-electron chi connectivity index (χ3n) is 4.02. The minimum atomic E-state index is -0.612. The molecule has 142 valence electrons. The fourth-order valence-electron chi connectivity index (χ4n) is 2.63. The molecule has 0 aliphatic heterocycles. The molecule has 3 aromatic rings. The number of carbonyl (C=O) groups excluding carboxylic acids is 2. The van der Waals surface area contributed by atoms with E-state index in [1.807, 2.05) is 26.0 Å². The van der Waals surface area contributed by atoms with Gasteiger partial charge in [0.25, 0.3) is 5.91 Å². The summed E-state index contributed by atoms with van der Waals surface area (Å²) in [5.74, 6) is -1.57. The molecular formula is C21H18FN3O2S. The lowest BCUT2D eigenvalue weighted by atomic mass is 10.1. The van der Waals surface area contributed by atoms with Crippen molar-refractivity contribution >= 4 is 34.5 Å². The number of benzene rings is 2. The van der Waals surface area contributed by atoms with E-state index in [1.165, 1.54) is 23.5 Å².